The van der Waals surface area contributed by atoms with Gasteiger partial charge in [-0.1, -0.05) is 131 Å². The van der Waals surface area contributed by atoms with Crippen LogP contribution in [0.15, 0.2) is 91.0 Å². The molecule has 0 unspecified atom stereocenters. The van der Waals surface area contributed by atoms with Crippen LogP contribution < -0.4 is 36.8 Å². The van der Waals surface area contributed by atoms with E-state index in [1.807, 2.05) is 197 Å². The Morgan fingerprint density at radius 2 is 0.911 bits per heavy atom. The summed E-state index contributed by atoms with van der Waals surface area (Å²) in [6.45, 7) is 28.5. The Balaban J connectivity index is -0.0000000642. The number of nitrogens with zero attached hydrogens (tertiary/aromatic N) is 1. The predicted octanol–water partition coefficient (Wildman–Crippen LogP) is 10.7. The molecular formula is C46H95N7O3. The molecule has 0 heterocycles. The maximum Gasteiger partial charge on any atom is 0.219 e. The number of amides is 2. The highest BCUT2D eigenvalue weighted by Gasteiger charge is 1.88. The molecule has 3 aromatic rings. The molecule has 2 amide bonds. The fourth-order valence-corrected chi connectivity index (χ4v) is 2.57. The lowest BCUT2D eigenvalue weighted by molar-refractivity contribution is -0.120. The van der Waals surface area contributed by atoms with Gasteiger partial charge in [0.25, 0.3) is 0 Å². The maximum atomic E-state index is 10.1. The number of ether oxygens (including phenoxy) is 1. The van der Waals surface area contributed by atoms with Crippen molar-refractivity contribution in [2.75, 3.05) is 91.3 Å². The van der Waals surface area contributed by atoms with Gasteiger partial charge in [0, 0.05) is 78.8 Å². The number of anilines is 3. The van der Waals surface area contributed by atoms with Gasteiger partial charge in [-0.2, -0.15) is 0 Å². The molecule has 10 nitrogen and oxygen atoms in total. The van der Waals surface area contributed by atoms with Crippen LogP contribution >= 0.6 is 0 Å². The number of hydrogen-bond acceptors (Lipinski definition) is 8. The van der Waals surface area contributed by atoms with Crippen LogP contribution in [0.4, 0.5) is 17.1 Å². The Labute approximate surface area is 349 Å². The van der Waals surface area contributed by atoms with E-state index in [-0.39, 0.29) is 19.2 Å². The minimum atomic E-state index is 0. The van der Waals surface area contributed by atoms with Gasteiger partial charge in [-0.05, 0) is 70.9 Å². The van der Waals surface area contributed by atoms with E-state index in [0.717, 1.165) is 31.1 Å². The van der Waals surface area contributed by atoms with Crippen LogP contribution in [0.5, 0.6) is 0 Å². The van der Waals surface area contributed by atoms with Gasteiger partial charge in [-0.25, -0.2) is 0 Å². The van der Waals surface area contributed by atoms with Gasteiger partial charge >= 0.3 is 0 Å². The Morgan fingerprint density at radius 1 is 0.571 bits per heavy atom. The van der Waals surface area contributed by atoms with Crippen LogP contribution in [0.3, 0.4) is 0 Å². The van der Waals surface area contributed by atoms with Gasteiger partial charge in [-0.15, -0.1) is 0 Å². The zero-order valence-corrected chi connectivity index (χ0v) is 39.4. The Kier molecular flexibility index (Phi) is 98.8. The number of rotatable bonds is 9. The second kappa shape index (κ2) is 75.7. The quantitative estimate of drug-likeness (QED) is 0.0936. The van der Waals surface area contributed by atoms with Crippen molar-refractivity contribution in [1.82, 2.24) is 21.3 Å². The first-order valence-electron chi connectivity index (χ1n) is 20.1. The molecular weight excluding hydrogens is 699 g/mol. The van der Waals surface area contributed by atoms with Crippen LogP contribution in [0.1, 0.15) is 104 Å². The fraction of sp³-hybridized carbons (Fsp3) is 0.565. The third-order valence-electron chi connectivity index (χ3n) is 5.23. The molecule has 3 aromatic carbocycles. The highest BCUT2D eigenvalue weighted by molar-refractivity contribution is 5.75. The Morgan fingerprint density at radius 3 is 1.02 bits per heavy atom. The number of carbonyl (C=O) groups excluding carboxylic acids is 2. The standard InChI is InChI=1S/C8H11N.2C7H9N.C4H11NO.2C4H9NO.C3H9N.4C2H6.CH4/c1-9(2)8-6-4-3-5-7-8;2*1-8-7-5-3-2-4-6-7;1-3-6-4-5-2;1-3-4(6)5-2;1-3-5-4(2)6;1-3-4-2;4*1-2;/h3-7H,1-2H3;2*2-6,8H,1H3;5H,3-4H2,1-2H3;2*3H2,1-2H3,(H,5,6);4H,3H2,1-2H3;4*1-2H3;1H4. The average molecular weight is 794 g/mol. The Hall–Kier alpha value is -4.12. The van der Waals surface area contributed by atoms with E-state index in [4.69, 9.17) is 4.74 Å². The van der Waals surface area contributed by atoms with Crippen molar-refractivity contribution in [3.8, 4) is 0 Å². The van der Waals surface area contributed by atoms with Gasteiger partial charge in [-0.3, -0.25) is 14.9 Å². The molecule has 0 saturated heterocycles. The summed E-state index contributed by atoms with van der Waals surface area (Å²) in [5.41, 5.74) is 3.57. The van der Waals surface area contributed by atoms with Gasteiger partial charge < -0.3 is 36.2 Å². The molecule has 10 heteroatoms. The summed E-state index contributed by atoms with van der Waals surface area (Å²) in [5, 5.41) is 16.9. The number of hydrogen-bond donors (Lipinski definition) is 6. The first-order valence-corrected chi connectivity index (χ1v) is 20.1. The zero-order chi connectivity index (χ0) is 44.6. The van der Waals surface area contributed by atoms with E-state index in [2.05, 4.69) is 55.9 Å². The highest BCUT2D eigenvalue weighted by Crippen LogP contribution is 2.07. The van der Waals surface area contributed by atoms with E-state index < -0.39 is 0 Å². The molecule has 0 fully saturated rings. The van der Waals surface area contributed by atoms with Crippen molar-refractivity contribution < 1.29 is 14.3 Å². The minimum Gasteiger partial charge on any atom is -0.388 e. The molecule has 0 aliphatic carbocycles. The Bertz CT molecular complexity index is 962. The summed E-state index contributed by atoms with van der Waals surface area (Å²) in [6, 6.07) is 30.4. The molecule has 0 saturated carbocycles. The van der Waals surface area contributed by atoms with Crippen LogP contribution in [0.25, 0.3) is 0 Å². The summed E-state index contributed by atoms with van der Waals surface area (Å²) in [6.07, 6.45) is 0.580. The largest absolute Gasteiger partial charge is 0.388 e. The fourth-order valence-electron chi connectivity index (χ4n) is 2.57. The van der Waals surface area contributed by atoms with Gasteiger partial charge in [0.05, 0.1) is 6.73 Å². The van der Waals surface area contributed by atoms with Gasteiger partial charge in [0.15, 0.2) is 0 Å². The molecule has 0 aromatic heterocycles. The number of carbonyl (C=O) groups is 2. The van der Waals surface area contributed by atoms with E-state index in [9.17, 15) is 9.59 Å². The lowest BCUT2D eigenvalue weighted by Crippen LogP contribution is -2.18. The van der Waals surface area contributed by atoms with Crippen molar-refractivity contribution in [2.24, 2.45) is 0 Å². The summed E-state index contributed by atoms with van der Waals surface area (Å²) in [4.78, 5) is 22.1. The number of para-hydroxylation sites is 3. The number of nitrogens with one attached hydrogen (secondary N) is 6. The van der Waals surface area contributed by atoms with Crippen LogP contribution in [0.2, 0.25) is 0 Å². The normalized spacial score (nSPS) is 7.50. The van der Waals surface area contributed by atoms with Crippen molar-refractivity contribution in [3.05, 3.63) is 91.0 Å². The lowest BCUT2D eigenvalue weighted by atomic mass is 10.3. The average Bonchev–Trinajstić information content (AvgIpc) is 3.27. The molecule has 0 spiro atoms. The summed E-state index contributed by atoms with van der Waals surface area (Å²) >= 11 is 0. The minimum absolute atomic E-state index is 0. The van der Waals surface area contributed by atoms with Crippen LogP contribution in [-0.4, -0.2) is 87.6 Å². The van der Waals surface area contributed by atoms with Crippen molar-refractivity contribution >= 4 is 28.9 Å². The van der Waals surface area contributed by atoms with Crippen LogP contribution in [-0.2, 0) is 14.3 Å². The van der Waals surface area contributed by atoms with Crippen molar-refractivity contribution in [3.63, 3.8) is 0 Å². The summed E-state index contributed by atoms with van der Waals surface area (Å²) in [5.74, 6) is 0.132. The summed E-state index contributed by atoms with van der Waals surface area (Å²) < 4.78 is 4.87. The maximum absolute atomic E-state index is 10.1. The molecule has 0 aliphatic heterocycles. The summed E-state index contributed by atoms with van der Waals surface area (Å²) in [7, 11) is 13.3. The molecule has 0 bridgehead atoms. The second-order valence-corrected chi connectivity index (χ2v) is 9.27. The first kappa shape index (κ1) is 73.0. The lowest BCUT2D eigenvalue weighted by Gasteiger charge is -2.10. The SMILES string of the molecule is C.CC.CC.CC.CC.CCC(=O)NC.CCNC.CCNC(C)=O.CCOCNC.CN(C)c1ccccc1.CNc1ccccc1.CNc1ccccc1. The van der Waals surface area contributed by atoms with Gasteiger partial charge in [0.1, 0.15) is 0 Å². The molecule has 0 atom stereocenters. The molecule has 332 valence electrons. The van der Waals surface area contributed by atoms with Gasteiger partial charge in [0.2, 0.25) is 11.8 Å². The van der Waals surface area contributed by atoms with Crippen molar-refractivity contribution in [1.29, 1.82) is 0 Å². The smallest absolute Gasteiger partial charge is 0.219 e. The topological polar surface area (TPSA) is 119 Å². The molecule has 6 N–H and O–H groups in total. The van der Waals surface area contributed by atoms with Crippen LogP contribution in [0, 0.1) is 0 Å². The molecule has 56 heavy (non-hydrogen) atoms. The number of benzene rings is 3. The van der Waals surface area contributed by atoms with E-state index in [0.29, 0.717) is 13.2 Å². The monoisotopic (exact) mass is 794 g/mol. The first-order chi connectivity index (χ1) is 26.6. The van der Waals surface area contributed by atoms with E-state index in [1.165, 1.54) is 12.6 Å². The van der Waals surface area contributed by atoms with E-state index in [1.54, 1.807) is 7.05 Å². The highest BCUT2D eigenvalue weighted by atomic mass is 16.5. The van der Waals surface area contributed by atoms with E-state index >= 15 is 0 Å². The third kappa shape index (κ3) is 78.8. The second-order valence-electron chi connectivity index (χ2n) is 9.27. The van der Waals surface area contributed by atoms with Crippen molar-refractivity contribution in [2.45, 2.75) is 104 Å². The third-order valence-corrected chi connectivity index (χ3v) is 5.23. The molecule has 0 radical (unpaired) electrons. The molecule has 3 rings (SSSR count). The zero-order valence-electron chi connectivity index (χ0n) is 39.4. The molecule has 0 aliphatic rings. The predicted molar refractivity (Wildman–Crippen MR) is 259 cm³/mol.